The van der Waals surface area contributed by atoms with Crippen LogP contribution in [0.3, 0.4) is 0 Å². The summed E-state index contributed by atoms with van der Waals surface area (Å²) in [6.07, 6.45) is 2.31. The third-order valence-electron chi connectivity index (χ3n) is 5.84. The van der Waals surface area contributed by atoms with Gasteiger partial charge in [0.15, 0.2) is 5.13 Å². The molecular formula is C24H30ClN7O2S. The summed E-state index contributed by atoms with van der Waals surface area (Å²) in [5.41, 5.74) is 2.54. The number of aliphatic hydroxyl groups is 1. The first-order chi connectivity index (χ1) is 16.9. The van der Waals surface area contributed by atoms with E-state index in [1.807, 2.05) is 32.0 Å². The van der Waals surface area contributed by atoms with E-state index in [0.717, 1.165) is 56.9 Å². The number of β-amino-alcohol motifs (C(OH)–C–C–N with tert-alkyl or cyclic N) is 1. The Kier molecular flexibility index (Phi) is 8.64. The number of aliphatic hydroxyl groups excluding tert-OH is 1. The number of carbonyl (C=O) groups excluding carboxylic acids is 1. The molecule has 0 atom stereocenters. The highest BCUT2D eigenvalue weighted by Crippen LogP contribution is 2.28. The van der Waals surface area contributed by atoms with Gasteiger partial charge in [0.05, 0.1) is 29.2 Å². The number of aryl methyl sites for hydroxylation is 2. The molecule has 0 unspecified atom stereocenters. The summed E-state index contributed by atoms with van der Waals surface area (Å²) < 4.78 is 0. The second-order valence-corrected chi connectivity index (χ2v) is 9.81. The van der Waals surface area contributed by atoms with Gasteiger partial charge in [0.25, 0.3) is 5.91 Å². The van der Waals surface area contributed by atoms with Gasteiger partial charge < -0.3 is 15.7 Å². The number of hydrogen-bond acceptors (Lipinski definition) is 9. The second kappa shape index (κ2) is 11.9. The van der Waals surface area contributed by atoms with E-state index in [1.165, 1.54) is 11.3 Å². The van der Waals surface area contributed by atoms with E-state index in [1.54, 1.807) is 12.3 Å². The van der Waals surface area contributed by atoms with Crippen LogP contribution >= 0.6 is 22.9 Å². The predicted octanol–water partition coefficient (Wildman–Crippen LogP) is 3.56. The Morgan fingerprint density at radius 3 is 2.71 bits per heavy atom. The molecule has 3 aromatic rings. The smallest absolute Gasteiger partial charge is 0.267 e. The van der Waals surface area contributed by atoms with Crippen molar-refractivity contribution in [3.05, 3.63) is 57.4 Å². The number of halogens is 1. The number of benzene rings is 1. The van der Waals surface area contributed by atoms with Crippen LogP contribution in [0.5, 0.6) is 0 Å². The van der Waals surface area contributed by atoms with E-state index in [2.05, 4.69) is 35.4 Å². The number of nitrogens with one attached hydrogen (secondary N) is 2. The minimum absolute atomic E-state index is 0.194. The molecule has 1 aromatic carbocycles. The maximum absolute atomic E-state index is 12.8. The van der Waals surface area contributed by atoms with Crippen LogP contribution in [0.25, 0.3) is 0 Å². The summed E-state index contributed by atoms with van der Waals surface area (Å²) >= 11 is 7.56. The van der Waals surface area contributed by atoms with Crippen LogP contribution in [0.1, 0.15) is 33.7 Å². The van der Waals surface area contributed by atoms with Crippen molar-refractivity contribution in [2.45, 2.75) is 26.8 Å². The molecule has 9 nitrogen and oxygen atoms in total. The van der Waals surface area contributed by atoms with Crippen molar-refractivity contribution >= 4 is 45.5 Å². The molecule has 0 saturated carbocycles. The lowest BCUT2D eigenvalue weighted by Crippen LogP contribution is -2.46. The summed E-state index contributed by atoms with van der Waals surface area (Å²) in [5.74, 6) is 1.06. The van der Waals surface area contributed by atoms with Gasteiger partial charge in [-0.2, -0.15) is 0 Å². The van der Waals surface area contributed by atoms with E-state index in [9.17, 15) is 4.79 Å². The molecule has 11 heteroatoms. The number of amides is 1. The van der Waals surface area contributed by atoms with Crippen molar-refractivity contribution in [2.24, 2.45) is 0 Å². The Morgan fingerprint density at radius 1 is 1.20 bits per heavy atom. The van der Waals surface area contributed by atoms with E-state index in [-0.39, 0.29) is 12.5 Å². The highest BCUT2D eigenvalue weighted by atomic mass is 35.5. The SMILES string of the molecule is CCc1cccc(Cl)c1NC(=O)c1cnc(Nc2cc(CN3CCN(CCO)CC3)nc(C)n2)s1. The third-order valence-corrected chi connectivity index (χ3v) is 7.07. The van der Waals surface area contributed by atoms with Gasteiger partial charge in [-0.15, -0.1) is 0 Å². The fourth-order valence-electron chi connectivity index (χ4n) is 4.04. The van der Waals surface area contributed by atoms with Crippen LogP contribution in [0.4, 0.5) is 16.6 Å². The van der Waals surface area contributed by atoms with Gasteiger partial charge >= 0.3 is 0 Å². The number of para-hydroxylation sites is 1. The Hall–Kier alpha value is -2.63. The third kappa shape index (κ3) is 6.74. The van der Waals surface area contributed by atoms with Crippen LogP contribution in [-0.4, -0.2) is 75.1 Å². The van der Waals surface area contributed by atoms with Crippen molar-refractivity contribution in [1.29, 1.82) is 0 Å². The fraction of sp³-hybridized carbons (Fsp3) is 0.417. The largest absolute Gasteiger partial charge is 0.395 e. The fourth-order valence-corrected chi connectivity index (χ4v) is 5.00. The summed E-state index contributed by atoms with van der Waals surface area (Å²) in [4.78, 5) is 31.3. The molecule has 0 aliphatic carbocycles. The summed E-state index contributed by atoms with van der Waals surface area (Å²) in [6, 6.07) is 7.51. The summed E-state index contributed by atoms with van der Waals surface area (Å²) in [7, 11) is 0. The number of rotatable bonds is 9. The summed E-state index contributed by atoms with van der Waals surface area (Å²) in [5, 5.41) is 16.3. The van der Waals surface area contributed by atoms with E-state index < -0.39 is 0 Å². The zero-order chi connectivity index (χ0) is 24.8. The van der Waals surface area contributed by atoms with Crippen molar-refractivity contribution in [3.63, 3.8) is 0 Å². The lowest BCUT2D eigenvalue weighted by Gasteiger charge is -2.34. The highest BCUT2D eigenvalue weighted by Gasteiger charge is 2.18. The summed E-state index contributed by atoms with van der Waals surface area (Å²) in [6.45, 7) is 9.27. The van der Waals surface area contributed by atoms with Crippen molar-refractivity contribution in [1.82, 2.24) is 24.8 Å². The quantitative estimate of drug-likeness (QED) is 0.397. The molecule has 1 amide bonds. The molecule has 3 heterocycles. The minimum Gasteiger partial charge on any atom is -0.395 e. The molecular weight excluding hydrogens is 486 g/mol. The number of thiazole rings is 1. The van der Waals surface area contributed by atoms with Crippen LogP contribution in [0.2, 0.25) is 5.02 Å². The van der Waals surface area contributed by atoms with Crippen molar-refractivity contribution in [2.75, 3.05) is 50.0 Å². The van der Waals surface area contributed by atoms with Crippen LogP contribution in [0.15, 0.2) is 30.5 Å². The van der Waals surface area contributed by atoms with Gasteiger partial charge in [-0.05, 0) is 25.0 Å². The first-order valence-corrected chi connectivity index (χ1v) is 12.9. The molecule has 1 aliphatic heterocycles. The maximum Gasteiger partial charge on any atom is 0.267 e. The topological polar surface area (TPSA) is 107 Å². The zero-order valence-electron chi connectivity index (χ0n) is 19.9. The number of aromatic nitrogens is 3. The van der Waals surface area contributed by atoms with Crippen LogP contribution in [0, 0.1) is 6.92 Å². The monoisotopic (exact) mass is 515 g/mol. The average molecular weight is 516 g/mol. The predicted molar refractivity (Wildman–Crippen MR) is 140 cm³/mol. The number of nitrogens with zero attached hydrogens (tertiary/aromatic N) is 5. The van der Waals surface area contributed by atoms with Gasteiger partial charge in [-0.3, -0.25) is 14.6 Å². The molecule has 186 valence electrons. The maximum atomic E-state index is 12.8. The number of anilines is 3. The molecule has 35 heavy (non-hydrogen) atoms. The lowest BCUT2D eigenvalue weighted by atomic mass is 10.1. The minimum atomic E-state index is -0.252. The molecule has 4 rings (SSSR count). The van der Waals surface area contributed by atoms with Crippen LogP contribution in [-0.2, 0) is 13.0 Å². The Morgan fingerprint density at radius 2 is 1.97 bits per heavy atom. The van der Waals surface area contributed by atoms with Gasteiger partial charge in [-0.1, -0.05) is 42.0 Å². The number of hydrogen-bond donors (Lipinski definition) is 3. The average Bonchev–Trinajstić information content (AvgIpc) is 3.30. The Bertz CT molecular complexity index is 1160. The highest BCUT2D eigenvalue weighted by molar-refractivity contribution is 7.17. The van der Waals surface area contributed by atoms with E-state index >= 15 is 0 Å². The van der Waals surface area contributed by atoms with Gasteiger partial charge in [0.2, 0.25) is 0 Å². The standard InChI is InChI=1S/C24H30ClN7O2S/c1-3-17-5-4-6-19(25)22(17)30-23(34)20-14-26-24(35-20)29-21-13-18(27-16(2)28-21)15-32-9-7-31(8-10-32)11-12-33/h4-6,13-14,33H,3,7-12,15H2,1-2H3,(H,30,34)(H,26,27,28,29). The van der Waals surface area contributed by atoms with Gasteiger partial charge in [-0.25, -0.2) is 15.0 Å². The van der Waals surface area contributed by atoms with Crippen molar-refractivity contribution < 1.29 is 9.90 Å². The van der Waals surface area contributed by atoms with E-state index in [4.69, 9.17) is 16.7 Å². The Balaban J connectivity index is 1.39. The lowest BCUT2D eigenvalue weighted by molar-refractivity contribution is 0.103. The van der Waals surface area contributed by atoms with Gasteiger partial charge in [0, 0.05) is 45.3 Å². The molecule has 0 radical (unpaired) electrons. The molecule has 0 bridgehead atoms. The first-order valence-electron chi connectivity index (χ1n) is 11.7. The molecule has 0 spiro atoms. The van der Waals surface area contributed by atoms with Gasteiger partial charge in [0.1, 0.15) is 16.5 Å². The van der Waals surface area contributed by atoms with E-state index in [0.29, 0.717) is 32.4 Å². The van der Waals surface area contributed by atoms with Crippen molar-refractivity contribution in [3.8, 4) is 0 Å². The Labute approximate surface area is 214 Å². The first kappa shape index (κ1) is 25.5. The zero-order valence-corrected chi connectivity index (χ0v) is 21.5. The normalized spacial score (nSPS) is 14.7. The molecule has 1 fully saturated rings. The molecule has 2 aromatic heterocycles. The molecule has 3 N–H and O–H groups in total. The van der Waals surface area contributed by atoms with Crippen LogP contribution < -0.4 is 10.6 Å². The second-order valence-electron chi connectivity index (χ2n) is 8.37. The molecule has 1 aliphatic rings. The number of piperazine rings is 1. The molecule has 1 saturated heterocycles. The number of carbonyl (C=O) groups is 1.